The third kappa shape index (κ3) is 6.19. The van der Waals surface area contributed by atoms with Crippen LogP contribution in [-0.2, 0) is 0 Å². The van der Waals surface area contributed by atoms with Gasteiger partial charge >= 0.3 is 0 Å². The molecule has 0 aromatic heterocycles. The average Bonchev–Trinajstić information content (AvgIpc) is 2.71. The van der Waals surface area contributed by atoms with Crippen LogP contribution < -0.4 is 5.32 Å². The van der Waals surface area contributed by atoms with Crippen molar-refractivity contribution in [2.45, 2.75) is 57.0 Å². The predicted molar refractivity (Wildman–Crippen MR) is 113 cm³/mol. The number of anilines is 1. The molecule has 0 unspecified atom stereocenters. The molecule has 6 N–H and O–H groups in total. The van der Waals surface area contributed by atoms with E-state index in [1.807, 2.05) is 0 Å². The summed E-state index contributed by atoms with van der Waals surface area (Å²) in [6, 6.07) is 4.13. The van der Waals surface area contributed by atoms with E-state index in [1.165, 1.54) is 6.07 Å². The summed E-state index contributed by atoms with van der Waals surface area (Å²) in [5.74, 6) is 0. The first-order chi connectivity index (χ1) is 14.3. The first-order valence-electron chi connectivity index (χ1n) is 10.2. The average molecular weight is 424 g/mol. The van der Waals surface area contributed by atoms with Gasteiger partial charge < -0.3 is 31.2 Å². The maximum absolute atomic E-state index is 11.3. The fourth-order valence-corrected chi connectivity index (χ4v) is 3.72. The number of unbranched alkanes of at least 4 members (excludes halogenated alkanes) is 3. The molecular formula is C20H32N4O6. The number of benzene rings is 1. The molecular weight excluding hydrogens is 392 g/mol. The Bertz CT molecular complexity index is 731. The van der Waals surface area contributed by atoms with Gasteiger partial charge in [0.2, 0.25) is 0 Å². The van der Waals surface area contributed by atoms with Gasteiger partial charge in [-0.25, -0.2) is 0 Å². The lowest BCUT2D eigenvalue weighted by molar-refractivity contribution is -0.384. The van der Waals surface area contributed by atoms with Crippen LogP contribution in [0.5, 0.6) is 0 Å². The molecule has 168 valence electrons. The van der Waals surface area contributed by atoms with Crippen LogP contribution >= 0.6 is 0 Å². The molecule has 4 atom stereocenters. The zero-order valence-electron chi connectivity index (χ0n) is 17.2. The number of hydrogen-bond acceptors (Lipinski definition) is 9. The van der Waals surface area contributed by atoms with Crippen molar-refractivity contribution in [2.24, 2.45) is 0 Å². The minimum atomic E-state index is -1.24. The van der Waals surface area contributed by atoms with E-state index in [9.17, 15) is 30.5 Å². The Morgan fingerprint density at radius 3 is 2.57 bits per heavy atom. The second-order valence-corrected chi connectivity index (χ2v) is 7.75. The lowest BCUT2D eigenvalue weighted by Gasteiger charge is -2.43. The number of nitro benzene ring substituents is 1. The molecule has 30 heavy (non-hydrogen) atoms. The number of hydrogen-bond donors (Lipinski definition) is 6. The molecule has 0 amide bonds. The minimum absolute atomic E-state index is 0.0430. The topological polar surface area (TPSA) is 163 Å². The van der Waals surface area contributed by atoms with E-state index in [4.69, 9.17) is 5.41 Å². The molecule has 1 fully saturated rings. The zero-order valence-corrected chi connectivity index (χ0v) is 17.2. The summed E-state index contributed by atoms with van der Waals surface area (Å²) in [6.45, 7) is 2.68. The van der Waals surface area contributed by atoms with Gasteiger partial charge in [-0.15, -0.1) is 0 Å². The summed E-state index contributed by atoms with van der Waals surface area (Å²) in [4.78, 5) is 12.6. The fraction of sp³-hybridized carbons (Fsp3) is 0.650. The molecule has 0 spiro atoms. The first kappa shape index (κ1) is 24.2. The maximum atomic E-state index is 11.3. The number of nitrogens with zero attached hydrogens (tertiary/aromatic N) is 2. The molecule has 1 heterocycles. The number of aliphatic hydroxyl groups is 4. The number of nitrogens with one attached hydrogen (secondary N) is 2. The molecule has 1 aromatic carbocycles. The van der Waals surface area contributed by atoms with Crippen molar-refractivity contribution < 1.29 is 25.3 Å². The van der Waals surface area contributed by atoms with E-state index >= 15 is 0 Å². The molecule has 0 saturated carbocycles. The van der Waals surface area contributed by atoms with Crippen molar-refractivity contribution in [3.05, 3.63) is 33.9 Å². The van der Waals surface area contributed by atoms with Gasteiger partial charge in [0.1, 0.15) is 17.9 Å². The largest absolute Gasteiger partial charge is 0.395 e. The molecule has 1 aliphatic heterocycles. The van der Waals surface area contributed by atoms with E-state index in [2.05, 4.69) is 5.32 Å². The standard InChI is InChI=1S/C20H32N4O6/c1-13(21)14-6-7-15(16(10-14)24(29)30)22-8-4-2-3-5-9-23-11-18(26)20(28)19(27)17(23)12-25/h6-7,10,17-22,25-28H,2-5,8-9,11-12H2,1H3/t17-,18+,19-,20-/m1/s1. The predicted octanol–water partition coefficient (Wildman–Crippen LogP) is 0.714. The Labute approximate surface area is 175 Å². The van der Waals surface area contributed by atoms with Crippen molar-refractivity contribution in [1.82, 2.24) is 4.90 Å². The summed E-state index contributed by atoms with van der Waals surface area (Å²) in [6.07, 6.45) is -0.0593. The Kier molecular flexibility index (Phi) is 9.12. The first-order valence-corrected chi connectivity index (χ1v) is 10.2. The summed E-state index contributed by atoms with van der Waals surface area (Å²) in [5, 5.41) is 60.9. The van der Waals surface area contributed by atoms with Gasteiger partial charge in [-0.3, -0.25) is 15.0 Å². The lowest BCUT2D eigenvalue weighted by atomic mass is 9.94. The molecule has 0 bridgehead atoms. The lowest BCUT2D eigenvalue weighted by Crippen LogP contribution is -2.62. The van der Waals surface area contributed by atoms with Crippen LogP contribution in [0.2, 0.25) is 0 Å². The highest BCUT2D eigenvalue weighted by atomic mass is 16.6. The SMILES string of the molecule is CC(=N)c1ccc(NCCCCCCN2C[C@H](O)[C@@H](O)[C@H](O)[C@H]2CO)c([N+](=O)[O-])c1. The Morgan fingerprint density at radius 2 is 1.93 bits per heavy atom. The van der Waals surface area contributed by atoms with Crippen LogP contribution in [0.15, 0.2) is 18.2 Å². The van der Waals surface area contributed by atoms with Gasteiger partial charge in [0, 0.05) is 30.4 Å². The van der Waals surface area contributed by atoms with Crippen LogP contribution in [0.25, 0.3) is 0 Å². The van der Waals surface area contributed by atoms with E-state index in [0.29, 0.717) is 24.3 Å². The monoisotopic (exact) mass is 424 g/mol. The van der Waals surface area contributed by atoms with E-state index in [-0.39, 0.29) is 24.6 Å². The number of likely N-dealkylation sites (tertiary alicyclic amines) is 1. The Morgan fingerprint density at radius 1 is 1.23 bits per heavy atom. The number of piperidine rings is 1. The fourth-order valence-electron chi connectivity index (χ4n) is 3.72. The van der Waals surface area contributed by atoms with Gasteiger partial charge in [-0.2, -0.15) is 0 Å². The van der Waals surface area contributed by atoms with Crippen molar-refractivity contribution in [3.63, 3.8) is 0 Å². The van der Waals surface area contributed by atoms with Crippen molar-refractivity contribution >= 4 is 17.1 Å². The number of β-amino-alcohol motifs (C(OH)–C–C–N with tert-alkyl or cyclic N) is 1. The van der Waals surface area contributed by atoms with Gasteiger partial charge in [-0.05, 0) is 32.4 Å². The van der Waals surface area contributed by atoms with Crippen LogP contribution in [0, 0.1) is 15.5 Å². The highest BCUT2D eigenvalue weighted by Gasteiger charge is 2.40. The molecule has 1 saturated heterocycles. The second-order valence-electron chi connectivity index (χ2n) is 7.75. The van der Waals surface area contributed by atoms with Crippen LogP contribution in [0.3, 0.4) is 0 Å². The Hall–Kier alpha value is -2.11. The third-order valence-corrected chi connectivity index (χ3v) is 5.53. The van der Waals surface area contributed by atoms with Crippen molar-refractivity contribution in [3.8, 4) is 0 Å². The van der Waals surface area contributed by atoms with Gasteiger partial charge in [0.15, 0.2) is 0 Å². The van der Waals surface area contributed by atoms with E-state index in [1.54, 1.807) is 24.0 Å². The summed E-state index contributed by atoms with van der Waals surface area (Å²) in [5.41, 5.74) is 1.19. The molecule has 0 radical (unpaired) electrons. The van der Waals surface area contributed by atoms with Gasteiger partial charge in [-0.1, -0.05) is 18.9 Å². The van der Waals surface area contributed by atoms with Gasteiger partial charge in [0.05, 0.1) is 23.7 Å². The smallest absolute Gasteiger partial charge is 0.292 e. The maximum Gasteiger partial charge on any atom is 0.292 e. The van der Waals surface area contributed by atoms with E-state index in [0.717, 1.165) is 25.7 Å². The summed E-state index contributed by atoms with van der Waals surface area (Å²) in [7, 11) is 0. The van der Waals surface area contributed by atoms with Crippen molar-refractivity contribution in [2.75, 3.05) is 31.6 Å². The molecule has 1 aromatic rings. The van der Waals surface area contributed by atoms with E-state index < -0.39 is 29.3 Å². The second kappa shape index (κ2) is 11.3. The highest BCUT2D eigenvalue weighted by molar-refractivity contribution is 5.97. The molecule has 10 heteroatoms. The molecule has 2 rings (SSSR count). The number of aliphatic hydroxyl groups excluding tert-OH is 4. The van der Waals surface area contributed by atoms with Gasteiger partial charge in [0.25, 0.3) is 5.69 Å². The van der Waals surface area contributed by atoms with Crippen LogP contribution in [0.1, 0.15) is 38.2 Å². The quantitative estimate of drug-likeness (QED) is 0.131. The molecule has 10 nitrogen and oxygen atoms in total. The van der Waals surface area contributed by atoms with Crippen LogP contribution in [-0.4, -0.2) is 86.6 Å². The van der Waals surface area contributed by atoms with Crippen LogP contribution in [0.4, 0.5) is 11.4 Å². The molecule has 0 aliphatic carbocycles. The highest BCUT2D eigenvalue weighted by Crippen LogP contribution is 2.26. The number of nitro groups is 1. The number of rotatable bonds is 11. The molecule has 1 aliphatic rings. The third-order valence-electron chi connectivity index (χ3n) is 5.53. The summed E-state index contributed by atoms with van der Waals surface area (Å²) < 4.78 is 0. The normalized spacial score (nSPS) is 24.6. The Balaban J connectivity index is 1.72. The zero-order chi connectivity index (χ0) is 22.3. The minimum Gasteiger partial charge on any atom is -0.395 e. The van der Waals surface area contributed by atoms with Crippen molar-refractivity contribution in [1.29, 1.82) is 5.41 Å². The summed E-state index contributed by atoms with van der Waals surface area (Å²) >= 11 is 0.